The first kappa shape index (κ1) is 18.7. The first-order valence-corrected chi connectivity index (χ1v) is 9.39. The Morgan fingerprint density at radius 1 is 1.38 bits per heavy atom. The quantitative estimate of drug-likeness (QED) is 0.418. The molecule has 1 aliphatic rings. The maximum Gasteiger partial charge on any atom is 0.411 e. The van der Waals surface area contributed by atoms with Crippen LogP contribution in [0.15, 0.2) is 24.5 Å². The van der Waals surface area contributed by atoms with Crippen LogP contribution in [0.4, 0.5) is 4.79 Å². The molecule has 0 radical (unpaired) electrons. The smallest absolute Gasteiger partial charge is 0.411 e. The Labute approximate surface area is 164 Å². The number of aromatic nitrogens is 2. The topological polar surface area (TPSA) is 93.4 Å². The minimum Gasteiger partial charge on any atom is -0.488 e. The molecular weight excluding hydrogens is 453 g/mol. The van der Waals surface area contributed by atoms with Gasteiger partial charge in [0, 0.05) is 18.7 Å². The van der Waals surface area contributed by atoms with E-state index in [1.807, 2.05) is 20.8 Å². The number of carboxylic acid groups (broad SMARTS) is 1. The van der Waals surface area contributed by atoms with Crippen molar-refractivity contribution in [1.29, 1.82) is 0 Å². The summed E-state index contributed by atoms with van der Waals surface area (Å²) in [5.74, 6) is -0.499. The zero-order valence-electron chi connectivity index (χ0n) is 14.7. The molecule has 0 unspecified atom stereocenters. The first-order valence-electron chi connectivity index (χ1n) is 8.15. The first-order chi connectivity index (χ1) is 12.1. The number of ether oxygens (including phenoxy) is 2. The van der Waals surface area contributed by atoms with Gasteiger partial charge < -0.3 is 14.6 Å². The number of carbonyl (C=O) groups is 2. The molecule has 8 nitrogen and oxygen atoms in total. The van der Waals surface area contributed by atoms with Gasteiger partial charge in [0.25, 0.3) is 0 Å². The van der Waals surface area contributed by atoms with Crippen molar-refractivity contribution >= 4 is 40.2 Å². The van der Waals surface area contributed by atoms with E-state index < -0.39 is 11.6 Å². The van der Waals surface area contributed by atoms with Crippen LogP contribution < -0.4 is 4.74 Å². The van der Waals surface area contributed by atoms with E-state index in [4.69, 9.17) is 9.47 Å². The molecule has 0 aliphatic carbocycles. The average molecular weight is 473 g/mol. The molecule has 1 aliphatic heterocycles. The van der Waals surface area contributed by atoms with Gasteiger partial charge >= 0.3 is 12.1 Å². The summed E-state index contributed by atoms with van der Waals surface area (Å²) in [5.41, 5.74) is 0.0270. The van der Waals surface area contributed by atoms with E-state index in [1.165, 1.54) is 10.7 Å². The molecule has 0 saturated carbocycles. The molecule has 1 N–H and O–H groups in total. The van der Waals surface area contributed by atoms with Gasteiger partial charge in [0.15, 0.2) is 0 Å². The molecule has 1 fully saturated rings. The number of pyridine rings is 1. The van der Waals surface area contributed by atoms with E-state index in [-0.39, 0.29) is 21.8 Å². The van der Waals surface area contributed by atoms with Gasteiger partial charge in [-0.15, -0.1) is 0 Å². The summed E-state index contributed by atoms with van der Waals surface area (Å²) in [4.78, 5) is 25.2. The van der Waals surface area contributed by atoms with Crippen LogP contribution in [0, 0.1) is 0 Å². The van der Waals surface area contributed by atoms with Crippen LogP contribution in [-0.2, 0) is 4.74 Å². The van der Waals surface area contributed by atoms with Crippen LogP contribution in [0.1, 0.15) is 37.6 Å². The Morgan fingerprint density at radius 2 is 2.12 bits per heavy atom. The van der Waals surface area contributed by atoms with Crippen molar-refractivity contribution in [3.05, 3.63) is 30.1 Å². The largest absolute Gasteiger partial charge is 0.488 e. The molecule has 2 atom stereocenters. The van der Waals surface area contributed by atoms with Gasteiger partial charge in [-0.1, -0.05) is 22.6 Å². The molecule has 2 aromatic heterocycles. The maximum atomic E-state index is 12.3. The van der Waals surface area contributed by atoms with Crippen LogP contribution in [0.5, 0.6) is 5.75 Å². The van der Waals surface area contributed by atoms with Crippen LogP contribution in [0.25, 0.3) is 5.52 Å². The number of hydrogen-bond donors (Lipinski definition) is 1. The van der Waals surface area contributed by atoms with E-state index in [2.05, 4.69) is 27.7 Å². The van der Waals surface area contributed by atoms with Crippen molar-refractivity contribution in [2.75, 3.05) is 6.54 Å². The lowest BCUT2D eigenvalue weighted by Gasteiger charge is -2.26. The highest BCUT2D eigenvalue weighted by Crippen LogP contribution is 2.29. The number of rotatable bonds is 3. The van der Waals surface area contributed by atoms with Gasteiger partial charge in [0.1, 0.15) is 23.0 Å². The Morgan fingerprint density at radius 3 is 2.77 bits per heavy atom. The molecule has 9 heteroatoms. The van der Waals surface area contributed by atoms with E-state index in [0.29, 0.717) is 24.2 Å². The highest BCUT2D eigenvalue weighted by atomic mass is 127. The summed E-state index contributed by atoms with van der Waals surface area (Å²) in [6.45, 7) is 5.91. The molecule has 26 heavy (non-hydrogen) atoms. The highest BCUT2D eigenvalue weighted by Gasteiger charge is 2.37. The van der Waals surface area contributed by atoms with Crippen LogP contribution >= 0.6 is 22.6 Å². The number of hydrogen-bond acceptors (Lipinski definition) is 5. The van der Waals surface area contributed by atoms with Gasteiger partial charge in [-0.3, -0.25) is 4.90 Å². The van der Waals surface area contributed by atoms with Crippen LogP contribution in [0.2, 0.25) is 0 Å². The summed E-state index contributed by atoms with van der Waals surface area (Å²) in [7, 11) is 0. The normalized spacial score (nSPS) is 20.4. The number of carboxylic acids is 1. The maximum absolute atomic E-state index is 12.3. The summed E-state index contributed by atoms with van der Waals surface area (Å²) in [6, 6.07) is 3.37. The van der Waals surface area contributed by atoms with Crippen molar-refractivity contribution in [3.8, 4) is 5.75 Å². The van der Waals surface area contributed by atoms with Crippen molar-refractivity contribution in [3.63, 3.8) is 0 Å². The number of nitrogens with zero attached hydrogens (tertiary/aromatic N) is 3. The number of halogens is 1. The Bertz CT molecular complexity index is 845. The molecule has 0 aromatic carbocycles. The molecule has 0 bridgehead atoms. The van der Waals surface area contributed by atoms with Gasteiger partial charge in [-0.2, -0.15) is 5.10 Å². The summed E-state index contributed by atoms with van der Waals surface area (Å²) < 4.78 is 12.9. The number of amides is 1. The lowest BCUT2D eigenvalue weighted by atomic mass is 10.2. The summed E-state index contributed by atoms with van der Waals surface area (Å²) in [5, 5.41) is 13.2. The monoisotopic (exact) mass is 473 g/mol. The minimum absolute atomic E-state index is 0.0271. The molecule has 2 aromatic rings. The Balaban J connectivity index is 1.72. The van der Waals surface area contributed by atoms with Crippen molar-refractivity contribution in [2.24, 2.45) is 0 Å². The van der Waals surface area contributed by atoms with Crippen LogP contribution in [0.3, 0.4) is 0 Å². The molecule has 1 amide bonds. The number of fused-ring (bicyclic) bond motifs is 1. The molecule has 0 spiro atoms. The van der Waals surface area contributed by atoms with Gasteiger partial charge in [-0.05, 0) is 26.8 Å². The van der Waals surface area contributed by atoms with Gasteiger partial charge in [0.05, 0.1) is 22.3 Å². The minimum atomic E-state index is -1.04. The van der Waals surface area contributed by atoms with E-state index in [0.717, 1.165) is 0 Å². The van der Waals surface area contributed by atoms with Crippen molar-refractivity contribution in [1.82, 2.24) is 14.5 Å². The van der Waals surface area contributed by atoms with E-state index in [1.54, 1.807) is 23.2 Å². The summed E-state index contributed by atoms with van der Waals surface area (Å²) in [6.07, 6.45) is 3.07. The van der Waals surface area contributed by atoms with Gasteiger partial charge in [0.2, 0.25) is 0 Å². The average Bonchev–Trinajstić information content (AvgIpc) is 3.08. The zero-order chi connectivity index (χ0) is 19.1. The lowest BCUT2D eigenvalue weighted by molar-refractivity contribution is 0.0266. The fraction of sp³-hybridized carbons (Fsp3) is 0.471. The zero-order valence-corrected chi connectivity index (χ0v) is 16.8. The predicted molar refractivity (Wildman–Crippen MR) is 102 cm³/mol. The summed E-state index contributed by atoms with van der Waals surface area (Å²) >= 11 is 2.20. The third-order valence-corrected chi connectivity index (χ3v) is 5.03. The molecule has 3 heterocycles. The second-order valence-electron chi connectivity index (χ2n) is 7.10. The predicted octanol–water partition coefficient (Wildman–Crippen LogP) is 3.18. The Hall–Kier alpha value is -2.04. The number of aromatic carboxylic acids is 1. The highest BCUT2D eigenvalue weighted by molar-refractivity contribution is 14.1. The molecular formula is C17H20IN3O5. The lowest BCUT2D eigenvalue weighted by Crippen LogP contribution is -2.38. The number of alkyl halides is 1. The number of carbonyl (C=O) groups excluding carboxylic acids is 1. The molecule has 1 saturated heterocycles. The molecule has 3 rings (SSSR count). The van der Waals surface area contributed by atoms with Crippen molar-refractivity contribution in [2.45, 2.75) is 42.9 Å². The fourth-order valence-electron chi connectivity index (χ4n) is 2.74. The third kappa shape index (κ3) is 4.02. The Kier molecular flexibility index (Phi) is 5.00. The second kappa shape index (κ2) is 6.93. The standard InChI is InChI=1S/C17H20IN3O5/c1-17(2,3)26-16(24)20-9-11(7-14(20)18)25-10-4-5-21-13(6-10)12(8-19-21)15(22)23/h4-6,8,11,14H,7,9H2,1-3H3,(H,22,23)/t11-,14-/m1/s1. The van der Waals surface area contributed by atoms with E-state index >= 15 is 0 Å². The molecule has 140 valence electrons. The van der Waals surface area contributed by atoms with Crippen molar-refractivity contribution < 1.29 is 24.2 Å². The fourth-order valence-corrected chi connectivity index (χ4v) is 3.76. The third-order valence-electron chi connectivity index (χ3n) is 3.85. The SMILES string of the molecule is CC(C)(C)OC(=O)N1C[C@H](Oc2ccn3ncc(C(=O)O)c3c2)C[C@@H]1I. The number of likely N-dealkylation sites (tertiary alicyclic amines) is 1. The second-order valence-corrected chi connectivity index (χ2v) is 8.54. The van der Waals surface area contributed by atoms with Gasteiger partial charge in [-0.25, -0.2) is 14.1 Å². The van der Waals surface area contributed by atoms with E-state index in [9.17, 15) is 14.7 Å². The van der Waals surface area contributed by atoms with Crippen LogP contribution in [-0.4, -0.2) is 54.0 Å².